The van der Waals surface area contributed by atoms with Crippen LogP contribution in [0.15, 0.2) is 48.5 Å². The normalized spacial score (nSPS) is 15.0. The first-order valence-electron chi connectivity index (χ1n) is 10.6. The molecule has 0 aliphatic heterocycles. The molecule has 1 aliphatic carbocycles. The van der Waals surface area contributed by atoms with E-state index in [0.29, 0.717) is 5.75 Å². The molecule has 0 bridgehead atoms. The fraction of sp³-hybridized carbons (Fsp3) is 0.375. The van der Waals surface area contributed by atoms with Crippen molar-refractivity contribution in [1.29, 1.82) is 0 Å². The lowest BCUT2D eigenvalue weighted by Crippen LogP contribution is -2.55. The van der Waals surface area contributed by atoms with Crippen molar-refractivity contribution in [1.82, 2.24) is 10.6 Å². The van der Waals surface area contributed by atoms with Crippen LogP contribution in [0.2, 0.25) is 0 Å². The summed E-state index contributed by atoms with van der Waals surface area (Å²) in [6.07, 6.45) is 0.0886. The molecular weight excluding hydrogens is 444 g/mol. The minimum absolute atomic E-state index is 0.0994. The van der Waals surface area contributed by atoms with E-state index >= 15 is 0 Å². The maximum atomic E-state index is 12.6. The molecule has 2 amide bonds. The highest BCUT2D eigenvalue weighted by atomic mass is 32.2. The Kier molecular flexibility index (Phi) is 8.35. The first kappa shape index (κ1) is 24.6. The molecule has 176 valence electrons. The first-order chi connectivity index (χ1) is 15.8. The lowest BCUT2D eigenvalue weighted by Gasteiger charge is -2.23. The molecule has 2 aromatic carbocycles. The molecule has 0 aromatic heterocycles. The summed E-state index contributed by atoms with van der Waals surface area (Å²) in [7, 11) is 0. The number of nitrogens with one attached hydrogen (secondary N) is 2. The number of hydrogen-bond donors (Lipinski definition) is 4. The smallest absolute Gasteiger partial charge is 0.407 e. The van der Waals surface area contributed by atoms with Crippen LogP contribution in [0, 0.1) is 0 Å². The first-order valence-corrected chi connectivity index (χ1v) is 12.0. The minimum atomic E-state index is -1.47. The highest BCUT2D eigenvalue weighted by Crippen LogP contribution is 2.44. The molecule has 33 heavy (non-hydrogen) atoms. The Morgan fingerprint density at radius 3 is 2.12 bits per heavy atom. The van der Waals surface area contributed by atoms with Gasteiger partial charge < -0.3 is 25.6 Å². The molecule has 0 unspecified atom stereocenters. The van der Waals surface area contributed by atoms with Gasteiger partial charge in [0.25, 0.3) is 0 Å². The van der Waals surface area contributed by atoms with Crippen LogP contribution in [0.25, 0.3) is 11.1 Å². The number of carboxylic acids is 1. The summed E-state index contributed by atoms with van der Waals surface area (Å²) in [5, 5.41) is 23.7. The van der Waals surface area contributed by atoms with Crippen molar-refractivity contribution in [2.24, 2.45) is 0 Å². The van der Waals surface area contributed by atoms with E-state index in [0.717, 1.165) is 22.3 Å². The fourth-order valence-corrected chi connectivity index (χ4v) is 4.40. The van der Waals surface area contributed by atoms with Crippen molar-refractivity contribution < 1.29 is 29.3 Å². The second-order valence-electron chi connectivity index (χ2n) is 7.87. The van der Waals surface area contributed by atoms with E-state index in [1.165, 1.54) is 18.7 Å². The molecule has 0 radical (unpaired) electrons. The van der Waals surface area contributed by atoms with Gasteiger partial charge in [-0.05, 0) is 47.6 Å². The van der Waals surface area contributed by atoms with E-state index in [-0.39, 0.29) is 18.9 Å². The quantitative estimate of drug-likeness (QED) is 0.419. The van der Waals surface area contributed by atoms with Gasteiger partial charge in [0.05, 0.1) is 6.10 Å². The van der Waals surface area contributed by atoms with Crippen LogP contribution < -0.4 is 10.6 Å². The average molecular weight is 473 g/mol. The van der Waals surface area contributed by atoms with Gasteiger partial charge in [0.2, 0.25) is 5.91 Å². The second-order valence-corrected chi connectivity index (χ2v) is 8.85. The number of aliphatic hydroxyl groups is 1. The maximum absolute atomic E-state index is 12.6. The lowest BCUT2D eigenvalue weighted by molar-refractivity contribution is -0.145. The number of carboxylic acid groups (broad SMARTS) is 1. The monoisotopic (exact) mass is 472 g/mol. The van der Waals surface area contributed by atoms with Crippen molar-refractivity contribution in [2.75, 3.05) is 18.6 Å². The Morgan fingerprint density at radius 2 is 1.61 bits per heavy atom. The predicted octanol–water partition coefficient (Wildman–Crippen LogP) is 2.60. The van der Waals surface area contributed by atoms with E-state index in [9.17, 15) is 24.6 Å². The van der Waals surface area contributed by atoms with Gasteiger partial charge in [-0.2, -0.15) is 11.8 Å². The Bertz CT molecular complexity index is 966. The summed E-state index contributed by atoms with van der Waals surface area (Å²) in [6, 6.07) is 13.5. The molecule has 2 aromatic rings. The Morgan fingerprint density at radius 1 is 1.03 bits per heavy atom. The number of hydrogen-bond acceptors (Lipinski definition) is 6. The topological polar surface area (TPSA) is 125 Å². The second kappa shape index (κ2) is 11.2. The number of aliphatic carboxylic acids is 1. The maximum Gasteiger partial charge on any atom is 0.407 e. The van der Waals surface area contributed by atoms with Crippen LogP contribution in [-0.2, 0) is 14.3 Å². The summed E-state index contributed by atoms with van der Waals surface area (Å²) < 4.78 is 5.50. The van der Waals surface area contributed by atoms with E-state index in [1.807, 2.05) is 54.8 Å². The Balaban J connectivity index is 1.66. The molecule has 4 N–H and O–H groups in total. The van der Waals surface area contributed by atoms with Crippen molar-refractivity contribution in [2.45, 2.75) is 37.5 Å². The number of aliphatic hydroxyl groups excluding tert-OH is 1. The molecule has 9 heteroatoms. The zero-order valence-electron chi connectivity index (χ0n) is 18.5. The summed E-state index contributed by atoms with van der Waals surface area (Å²) in [4.78, 5) is 36.5. The molecule has 0 saturated carbocycles. The van der Waals surface area contributed by atoms with E-state index < -0.39 is 36.2 Å². The van der Waals surface area contributed by atoms with Gasteiger partial charge in [-0.1, -0.05) is 48.5 Å². The van der Waals surface area contributed by atoms with Crippen LogP contribution in [0.1, 0.15) is 30.4 Å². The summed E-state index contributed by atoms with van der Waals surface area (Å²) >= 11 is 1.49. The van der Waals surface area contributed by atoms with E-state index in [4.69, 9.17) is 4.74 Å². The van der Waals surface area contributed by atoms with Crippen molar-refractivity contribution in [3.8, 4) is 11.1 Å². The zero-order valence-corrected chi connectivity index (χ0v) is 19.3. The molecular formula is C24H28N2O6S. The van der Waals surface area contributed by atoms with Gasteiger partial charge in [0.15, 0.2) is 6.04 Å². The van der Waals surface area contributed by atoms with Crippen molar-refractivity contribution in [3.63, 3.8) is 0 Å². The van der Waals surface area contributed by atoms with Crippen LogP contribution in [0.4, 0.5) is 4.79 Å². The number of ether oxygens (including phenoxy) is 1. The molecule has 3 atom stereocenters. The van der Waals surface area contributed by atoms with Crippen molar-refractivity contribution >= 4 is 29.7 Å². The number of carbonyl (C=O) groups excluding carboxylic acids is 2. The third-order valence-electron chi connectivity index (χ3n) is 5.61. The SMILES string of the molecule is CSCC[C@H](NC(=O)OCC1c2ccccc2-c2ccccc21)C(=O)N[C@H](C(=O)O)[C@@H](C)O. The van der Waals surface area contributed by atoms with E-state index in [1.54, 1.807) is 0 Å². The molecule has 8 nitrogen and oxygen atoms in total. The Labute approximate surface area is 196 Å². The third kappa shape index (κ3) is 5.85. The van der Waals surface area contributed by atoms with Gasteiger partial charge >= 0.3 is 12.1 Å². The van der Waals surface area contributed by atoms with Crippen LogP contribution in [0.5, 0.6) is 0 Å². The lowest BCUT2D eigenvalue weighted by atomic mass is 9.98. The van der Waals surface area contributed by atoms with E-state index in [2.05, 4.69) is 10.6 Å². The van der Waals surface area contributed by atoms with Gasteiger partial charge in [0, 0.05) is 5.92 Å². The Hall–Kier alpha value is -3.04. The predicted molar refractivity (Wildman–Crippen MR) is 126 cm³/mol. The largest absolute Gasteiger partial charge is 0.480 e. The van der Waals surface area contributed by atoms with Crippen LogP contribution in [0.3, 0.4) is 0 Å². The number of thioether (sulfide) groups is 1. The third-order valence-corrected chi connectivity index (χ3v) is 6.25. The summed E-state index contributed by atoms with van der Waals surface area (Å²) in [6.45, 7) is 1.37. The highest BCUT2D eigenvalue weighted by molar-refractivity contribution is 7.98. The molecule has 3 rings (SSSR count). The molecule has 0 fully saturated rings. The molecule has 1 aliphatic rings. The molecule has 0 saturated heterocycles. The number of benzene rings is 2. The average Bonchev–Trinajstić information content (AvgIpc) is 3.12. The fourth-order valence-electron chi connectivity index (χ4n) is 3.93. The zero-order chi connectivity index (χ0) is 24.0. The van der Waals surface area contributed by atoms with Crippen molar-refractivity contribution in [3.05, 3.63) is 59.7 Å². The standard InChI is InChI=1S/C24H28N2O6S/c1-14(27)21(23(29)30)26-22(28)20(11-12-33-2)25-24(31)32-13-19-17-9-5-3-7-15(17)16-8-4-6-10-18(16)19/h3-10,14,19-21,27H,11-13H2,1-2H3,(H,25,31)(H,26,28)(H,29,30)/t14-,20+,21+/m1/s1. The number of rotatable bonds is 10. The van der Waals surface area contributed by atoms with Gasteiger partial charge in [-0.15, -0.1) is 0 Å². The van der Waals surface area contributed by atoms with Crippen LogP contribution >= 0.6 is 11.8 Å². The summed E-state index contributed by atoms with van der Waals surface area (Å²) in [5.41, 5.74) is 4.36. The minimum Gasteiger partial charge on any atom is -0.480 e. The van der Waals surface area contributed by atoms with Gasteiger partial charge in [-0.3, -0.25) is 4.79 Å². The molecule has 0 spiro atoms. The summed E-state index contributed by atoms with van der Waals surface area (Å²) in [5.74, 6) is -1.60. The van der Waals surface area contributed by atoms with Gasteiger partial charge in [0.1, 0.15) is 12.6 Å². The highest BCUT2D eigenvalue weighted by Gasteiger charge is 2.31. The number of alkyl carbamates (subject to hydrolysis) is 1. The van der Waals surface area contributed by atoms with Crippen LogP contribution in [-0.4, -0.2) is 65.0 Å². The number of carbonyl (C=O) groups is 3. The van der Waals surface area contributed by atoms with Gasteiger partial charge in [-0.25, -0.2) is 9.59 Å². The molecule has 0 heterocycles. The number of amides is 2. The number of fused-ring (bicyclic) bond motifs is 3.